The second-order valence-corrected chi connectivity index (χ2v) is 5.82. The molecular formula is C18H22N4O7. The van der Waals surface area contributed by atoms with Crippen molar-refractivity contribution >= 4 is 23.4 Å². The first kappa shape index (κ1) is 21.8. The molecule has 2 amide bonds. The lowest BCUT2D eigenvalue weighted by Gasteiger charge is -2.21. The molecule has 2 rings (SSSR count). The monoisotopic (exact) mass is 406 g/mol. The molecule has 0 bridgehead atoms. The van der Waals surface area contributed by atoms with Crippen molar-refractivity contribution in [1.29, 1.82) is 0 Å². The van der Waals surface area contributed by atoms with Crippen LogP contribution in [-0.2, 0) is 16.0 Å². The van der Waals surface area contributed by atoms with Crippen molar-refractivity contribution in [2.75, 3.05) is 32.2 Å². The molecule has 0 aliphatic carbocycles. The second kappa shape index (κ2) is 10.8. The first-order chi connectivity index (χ1) is 13.9. The molecule has 0 aliphatic rings. The van der Waals surface area contributed by atoms with E-state index >= 15 is 0 Å². The standard InChI is InChI=1S/C18H22N4O7/c1-3-28-10-4-9-21(11-16-20-15(12-29-16)17(23)27-2)18(24)19-13-5-7-14(8-6-13)22(25)26/h5-8,12H,3-4,9-11H2,1-2H3,(H,19,24). The van der Waals surface area contributed by atoms with Gasteiger partial charge in [0.25, 0.3) is 5.69 Å². The molecule has 2 aromatic rings. The number of nitro benzene ring substituents is 1. The van der Waals surface area contributed by atoms with Gasteiger partial charge in [-0.05, 0) is 25.5 Å². The summed E-state index contributed by atoms with van der Waals surface area (Å²) in [6.45, 7) is 3.27. The van der Waals surface area contributed by atoms with Gasteiger partial charge in [0.05, 0.1) is 18.6 Å². The maximum Gasteiger partial charge on any atom is 0.360 e. The van der Waals surface area contributed by atoms with Gasteiger partial charge in [-0.3, -0.25) is 10.1 Å². The van der Waals surface area contributed by atoms with Gasteiger partial charge in [0.15, 0.2) is 5.69 Å². The molecule has 0 atom stereocenters. The van der Waals surface area contributed by atoms with Gasteiger partial charge in [-0.25, -0.2) is 14.6 Å². The number of anilines is 1. The van der Waals surface area contributed by atoms with Crippen LogP contribution < -0.4 is 5.32 Å². The summed E-state index contributed by atoms with van der Waals surface area (Å²) in [5, 5.41) is 13.4. The van der Waals surface area contributed by atoms with Crippen LogP contribution in [0.2, 0.25) is 0 Å². The summed E-state index contributed by atoms with van der Waals surface area (Å²) in [5.74, 6) is -0.473. The third-order valence-electron chi connectivity index (χ3n) is 3.81. The van der Waals surface area contributed by atoms with Crippen molar-refractivity contribution in [2.24, 2.45) is 0 Å². The molecule has 1 N–H and O–H groups in total. The van der Waals surface area contributed by atoms with Crippen LogP contribution in [0.25, 0.3) is 0 Å². The molecule has 0 fully saturated rings. The Morgan fingerprint density at radius 2 is 2.03 bits per heavy atom. The highest BCUT2D eigenvalue weighted by molar-refractivity contribution is 5.89. The first-order valence-corrected chi connectivity index (χ1v) is 8.85. The summed E-state index contributed by atoms with van der Waals surface area (Å²) in [6, 6.07) is 5.02. The van der Waals surface area contributed by atoms with Crippen LogP contribution in [0.1, 0.15) is 29.7 Å². The number of nitrogens with zero attached hydrogens (tertiary/aromatic N) is 3. The minimum Gasteiger partial charge on any atom is -0.464 e. The van der Waals surface area contributed by atoms with Gasteiger partial charge >= 0.3 is 12.0 Å². The van der Waals surface area contributed by atoms with Crippen LogP contribution in [-0.4, -0.2) is 53.7 Å². The van der Waals surface area contributed by atoms with E-state index in [9.17, 15) is 19.7 Å². The Balaban J connectivity index is 2.06. The highest BCUT2D eigenvalue weighted by Gasteiger charge is 2.19. The summed E-state index contributed by atoms with van der Waals surface area (Å²) in [5.41, 5.74) is 0.331. The summed E-state index contributed by atoms with van der Waals surface area (Å²) in [7, 11) is 1.23. The average molecular weight is 406 g/mol. The number of urea groups is 1. The lowest BCUT2D eigenvalue weighted by Crippen LogP contribution is -2.35. The summed E-state index contributed by atoms with van der Waals surface area (Å²) >= 11 is 0. The Bertz CT molecular complexity index is 835. The third-order valence-corrected chi connectivity index (χ3v) is 3.81. The minimum atomic E-state index is -0.641. The molecule has 11 nitrogen and oxygen atoms in total. The van der Waals surface area contributed by atoms with Crippen molar-refractivity contribution in [1.82, 2.24) is 9.88 Å². The molecule has 0 saturated heterocycles. The minimum absolute atomic E-state index is 0.00698. The quantitative estimate of drug-likeness (QED) is 0.275. The number of methoxy groups -OCH3 is 1. The molecule has 156 valence electrons. The smallest absolute Gasteiger partial charge is 0.360 e. The van der Waals surface area contributed by atoms with E-state index in [1.807, 2.05) is 6.92 Å². The van der Waals surface area contributed by atoms with Gasteiger partial charge < -0.3 is 24.1 Å². The number of amides is 2. The Hall–Kier alpha value is -3.47. The predicted octanol–water partition coefficient (Wildman–Crippen LogP) is 2.83. The van der Waals surface area contributed by atoms with Crippen LogP contribution in [0.5, 0.6) is 0 Å². The predicted molar refractivity (Wildman–Crippen MR) is 101 cm³/mol. The van der Waals surface area contributed by atoms with Gasteiger partial charge in [0, 0.05) is 37.6 Å². The van der Waals surface area contributed by atoms with E-state index < -0.39 is 16.9 Å². The Morgan fingerprint density at radius 1 is 1.31 bits per heavy atom. The third kappa shape index (κ3) is 6.57. The Kier molecular flexibility index (Phi) is 8.10. The number of benzene rings is 1. The molecule has 0 radical (unpaired) electrons. The van der Waals surface area contributed by atoms with Gasteiger partial charge in [-0.2, -0.15) is 0 Å². The van der Waals surface area contributed by atoms with Crippen molar-refractivity contribution in [3.05, 3.63) is 52.2 Å². The lowest BCUT2D eigenvalue weighted by atomic mass is 10.3. The highest BCUT2D eigenvalue weighted by atomic mass is 16.6. The number of nitro groups is 1. The van der Waals surface area contributed by atoms with Crippen molar-refractivity contribution < 1.29 is 28.4 Å². The van der Waals surface area contributed by atoms with Gasteiger partial charge in [-0.15, -0.1) is 0 Å². The fraction of sp³-hybridized carbons (Fsp3) is 0.389. The number of aromatic nitrogens is 1. The van der Waals surface area contributed by atoms with E-state index in [0.29, 0.717) is 31.9 Å². The van der Waals surface area contributed by atoms with Crippen LogP contribution in [0.3, 0.4) is 0 Å². The largest absolute Gasteiger partial charge is 0.464 e. The summed E-state index contributed by atoms with van der Waals surface area (Å²) < 4.78 is 15.1. The molecule has 11 heteroatoms. The van der Waals surface area contributed by atoms with E-state index in [2.05, 4.69) is 15.0 Å². The van der Waals surface area contributed by atoms with Crippen LogP contribution in [0.15, 0.2) is 34.9 Å². The normalized spacial score (nSPS) is 10.4. The molecule has 1 aromatic carbocycles. The molecule has 1 aromatic heterocycles. The number of nitrogens with one attached hydrogen (secondary N) is 1. The number of non-ortho nitro benzene ring substituents is 1. The van der Waals surface area contributed by atoms with Crippen molar-refractivity contribution in [3.8, 4) is 0 Å². The Morgan fingerprint density at radius 3 is 2.66 bits per heavy atom. The molecule has 29 heavy (non-hydrogen) atoms. The number of carbonyl (C=O) groups excluding carboxylic acids is 2. The molecular weight excluding hydrogens is 384 g/mol. The fourth-order valence-electron chi connectivity index (χ4n) is 2.37. The van der Waals surface area contributed by atoms with E-state index in [-0.39, 0.29) is 23.8 Å². The SMILES string of the molecule is CCOCCCN(Cc1nc(C(=O)OC)co1)C(=O)Nc1ccc([N+](=O)[O-])cc1. The maximum absolute atomic E-state index is 12.7. The number of hydrogen-bond acceptors (Lipinski definition) is 8. The summed E-state index contributed by atoms with van der Waals surface area (Å²) in [6.07, 6.45) is 1.74. The first-order valence-electron chi connectivity index (χ1n) is 8.85. The van der Waals surface area contributed by atoms with E-state index in [4.69, 9.17) is 9.15 Å². The van der Waals surface area contributed by atoms with Crippen LogP contribution in [0, 0.1) is 10.1 Å². The van der Waals surface area contributed by atoms with Gasteiger partial charge in [-0.1, -0.05) is 0 Å². The zero-order valence-corrected chi connectivity index (χ0v) is 16.1. The van der Waals surface area contributed by atoms with Crippen LogP contribution in [0.4, 0.5) is 16.2 Å². The van der Waals surface area contributed by atoms with E-state index in [0.717, 1.165) is 6.26 Å². The zero-order valence-electron chi connectivity index (χ0n) is 16.1. The fourth-order valence-corrected chi connectivity index (χ4v) is 2.37. The van der Waals surface area contributed by atoms with E-state index in [1.165, 1.54) is 36.3 Å². The highest BCUT2D eigenvalue weighted by Crippen LogP contribution is 2.16. The summed E-state index contributed by atoms with van der Waals surface area (Å²) in [4.78, 5) is 39.9. The second-order valence-electron chi connectivity index (χ2n) is 5.82. The number of oxazole rings is 1. The number of hydrogen-bond donors (Lipinski definition) is 1. The molecule has 0 saturated carbocycles. The number of rotatable bonds is 10. The Labute approximate surface area is 166 Å². The van der Waals surface area contributed by atoms with Crippen LogP contribution >= 0.6 is 0 Å². The molecule has 0 unspecified atom stereocenters. The number of ether oxygens (including phenoxy) is 2. The molecule has 1 heterocycles. The maximum atomic E-state index is 12.7. The van der Waals surface area contributed by atoms with Gasteiger partial charge in [0.1, 0.15) is 6.26 Å². The van der Waals surface area contributed by atoms with E-state index in [1.54, 1.807) is 0 Å². The van der Waals surface area contributed by atoms with Crippen molar-refractivity contribution in [3.63, 3.8) is 0 Å². The molecule has 0 aliphatic heterocycles. The lowest BCUT2D eigenvalue weighted by molar-refractivity contribution is -0.384. The number of esters is 1. The topological polar surface area (TPSA) is 137 Å². The van der Waals surface area contributed by atoms with Crippen molar-refractivity contribution in [2.45, 2.75) is 19.9 Å². The number of carbonyl (C=O) groups is 2. The molecule has 0 spiro atoms. The average Bonchev–Trinajstić information content (AvgIpc) is 3.18. The zero-order chi connectivity index (χ0) is 21.2. The van der Waals surface area contributed by atoms with Gasteiger partial charge in [0.2, 0.25) is 5.89 Å².